The Morgan fingerprint density at radius 2 is 2.06 bits per heavy atom. The predicted octanol–water partition coefficient (Wildman–Crippen LogP) is 3.28. The van der Waals surface area contributed by atoms with Crippen LogP contribution in [0, 0.1) is 0 Å². The molecule has 1 fully saturated rings. The fourth-order valence-electron chi connectivity index (χ4n) is 2.50. The zero-order valence-electron chi connectivity index (χ0n) is 11.5. The van der Waals surface area contributed by atoms with Crippen molar-refractivity contribution >= 4 is 0 Å². The van der Waals surface area contributed by atoms with E-state index in [1.807, 2.05) is 0 Å². The third kappa shape index (κ3) is 2.19. The fourth-order valence-corrected chi connectivity index (χ4v) is 2.50. The Labute approximate surface area is 104 Å². The summed E-state index contributed by atoms with van der Waals surface area (Å²) in [7, 11) is 1.76. The van der Waals surface area contributed by atoms with Crippen molar-refractivity contribution in [2.24, 2.45) is 0 Å². The molecule has 1 heterocycles. The molecule has 0 aliphatic carbocycles. The van der Waals surface area contributed by atoms with Crippen LogP contribution in [-0.4, -0.2) is 19.2 Å². The van der Waals surface area contributed by atoms with E-state index in [4.69, 9.17) is 4.74 Å². The van der Waals surface area contributed by atoms with E-state index < -0.39 is 0 Å². The second kappa shape index (κ2) is 4.34. The van der Waals surface area contributed by atoms with E-state index in [2.05, 4.69) is 51.2 Å². The molecule has 1 N–H and O–H groups in total. The van der Waals surface area contributed by atoms with Gasteiger partial charge in [0.2, 0.25) is 0 Å². The molecule has 0 amide bonds. The van der Waals surface area contributed by atoms with Crippen molar-refractivity contribution < 1.29 is 4.74 Å². The third-order valence-corrected chi connectivity index (χ3v) is 3.93. The van der Waals surface area contributed by atoms with E-state index >= 15 is 0 Å². The van der Waals surface area contributed by atoms with Gasteiger partial charge in [0.05, 0.1) is 7.11 Å². The molecule has 2 heteroatoms. The highest BCUT2D eigenvalue weighted by atomic mass is 16.5. The Morgan fingerprint density at radius 1 is 1.35 bits per heavy atom. The van der Waals surface area contributed by atoms with Crippen LogP contribution in [0.3, 0.4) is 0 Å². The largest absolute Gasteiger partial charge is 0.496 e. The number of rotatable bonds is 3. The van der Waals surface area contributed by atoms with Crippen molar-refractivity contribution in [3.05, 3.63) is 29.3 Å². The number of ether oxygens (including phenoxy) is 1. The van der Waals surface area contributed by atoms with Gasteiger partial charge in [0.1, 0.15) is 5.75 Å². The SMILES string of the molecule is COc1ccc(C(C)C)cc1C1CNC1(C)C. The third-order valence-electron chi connectivity index (χ3n) is 3.93. The Bertz CT molecular complexity index is 409. The van der Waals surface area contributed by atoms with Crippen LogP contribution < -0.4 is 10.1 Å². The summed E-state index contributed by atoms with van der Waals surface area (Å²) < 4.78 is 5.50. The summed E-state index contributed by atoms with van der Waals surface area (Å²) in [4.78, 5) is 0. The molecular formula is C15H23NO. The minimum atomic E-state index is 0.183. The average molecular weight is 233 g/mol. The van der Waals surface area contributed by atoms with Crippen molar-refractivity contribution in [2.75, 3.05) is 13.7 Å². The lowest BCUT2D eigenvalue weighted by Crippen LogP contribution is -2.59. The second-order valence-corrected chi connectivity index (χ2v) is 5.81. The molecule has 1 unspecified atom stereocenters. The molecule has 0 saturated carbocycles. The van der Waals surface area contributed by atoms with Crippen molar-refractivity contribution in [1.29, 1.82) is 0 Å². The molecule has 0 spiro atoms. The molecule has 0 aromatic heterocycles. The monoisotopic (exact) mass is 233 g/mol. The summed E-state index contributed by atoms with van der Waals surface area (Å²) in [5.41, 5.74) is 2.93. The van der Waals surface area contributed by atoms with E-state index in [1.54, 1.807) is 7.11 Å². The molecule has 1 aromatic rings. The van der Waals surface area contributed by atoms with E-state index in [0.717, 1.165) is 12.3 Å². The van der Waals surface area contributed by atoms with Crippen LogP contribution in [0.5, 0.6) is 5.75 Å². The summed E-state index contributed by atoms with van der Waals surface area (Å²) in [6.45, 7) is 10.0. The minimum absolute atomic E-state index is 0.183. The molecular weight excluding hydrogens is 210 g/mol. The number of benzene rings is 1. The van der Waals surface area contributed by atoms with Gasteiger partial charge in [-0.2, -0.15) is 0 Å². The number of methoxy groups -OCH3 is 1. The Hall–Kier alpha value is -1.02. The second-order valence-electron chi connectivity index (χ2n) is 5.81. The molecule has 1 aromatic carbocycles. The molecule has 2 rings (SSSR count). The molecule has 94 valence electrons. The first-order chi connectivity index (χ1) is 7.95. The summed E-state index contributed by atoms with van der Waals surface area (Å²) in [5.74, 6) is 2.14. The molecule has 17 heavy (non-hydrogen) atoms. The Balaban J connectivity index is 2.39. The van der Waals surface area contributed by atoms with Gasteiger partial charge in [-0.25, -0.2) is 0 Å². The zero-order valence-corrected chi connectivity index (χ0v) is 11.5. The van der Waals surface area contributed by atoms with Crippen molar-refractivity contribution in [1.82, 2.24) is 5.32 Å². The molecule has 0 radical (unpaired) electrons. The van der Waals surface area contributed by atoms with E-state index in [-0.39, 0.29) is 5.54 Å². The maximum absolute atomic E-state index is 5.50. The van der Waals surface area contributed by atoms with Gasteiger partial charge < -0.3 is 10.1 Å². The highest BCUT2D eigenvalue weighted by molar-refractivity contribution is 5.43. The summed E-state index contributed by atoms with van der Waals surface area (Å²) in [5, 5.41) is 3.48. The number of hydrogen-bond donors (Lipinski definition) is 1. The topological polar surface area (TPSA) is 21.3 Å². The highest BCUT2D eigenvalue weighted by Crippen LogP contribution is 2.40. The zero-order chi connectivity index (χ0) is 12.6. The van der Waals surface area contributed by atoms with Crippen LogP contribution in [0.15, 0.2) is 18.2 Å². The van der Waals surface area contributed by atoms with Gasteiger partial charge >= 0.3 is 0 Å². The Kier molecular flexibility index (Phi) is 3.17. The lowest BCUT2D eigenvalue weighted by molar-refractivity contribution is 0.203. The minimum Gasteiger partial charge on any atom is -0.496 e. The first-order valence-corrected chi connectivity index (χ1v) is 6.38. The lowest BCUT2D eigenvalue weighted by Gasteiger charge is -2.46. The molecule has 2 nitrogen and oxygen atoms in total. The molecule has 1 aliphatic rings. The van der Waals surface area contributed by atoms with Gasteiger partial charge in [-0.1, -0.05) is 26.0 Å². The van der Waals surface area contributed by atoms with Gasteiger partial charge in [-0.15, -0.1) is 0 Å². The molecule has 1 aliphatic heterocycles. The summed E-state index contributed by atoms with van der Waals surface area (Å²) in [6, 6.07) is 6.60. The Morgan fingerprint density at radius 3 is 2.47 bits per heavy atom. The first-order valence-electron chi connectivity index (χ1n) is 6.38. The molecule has 0 bridgehead atoms. The van der Waals surface area contributed by atoms with Crippen molar-refractivity contribution in [3.8, 4) is 5.75 Å². The summed E-state index contributed by atoms with van der Waals surface area (Å²) >= 11 is 0. The fraction of sp³-hybridized carbons (Fsp3) is 0.600. The van der Waals surface area contributed by atoms with Gasteiger partial charge in [0.25, 0.3) is 0 Å². The van der Waals surface area contributed by atoms with Crippen molar-refractivity contribution in [3.63, 3.8) is 0 Å². The van der Waals surface area contributed by atoms with Crippen LogP contribution in [0.2, 0.25) is 0 Å². The smallest absolute Gasteiger partial charge is 0.122 e. The highest BCUT2D eigenvalue weighted by Gasteiger charge is 2.40. The van der Waals surface area contributed by atoms with Crippen LogP contribution in [0.4, 0.5) is 0 Å². The average Bonchev–Trinajstić information content (AvgIpc) is 2.27. The molecule has 1 saturated heterocycles. The van der Waals surface area contributed by atoms with Gasteiger partial charge in [-0.3, -0.25) is 0 Å². The first kappa shape index (κ1) is 12.4. The van der Waals surface area contributed by atoms with E-state index in [9.17, 15) is 0 Å². The van der Waals surface area contributed by atoms with Crippen molar-refractivity contribution in [2.45, 2.75) is 45.1 Å². The van der Waals surface area contributed by atoms with Crippen LogP contribution in [0.25, 0.3) is 0 Å². The van der Waals surface area contributed by atoms with E-state index in [0.29, 0.717) is 11.8 Å². The maximum Gasteiger partial charge on any atom is 0.122 e. The van der Waals surface area contributed by atoms with Gasteiger partial charge in [0, 0.05) is 23.6 Å². The standard InChI is InChI=1S/C15H23NO/c1-10(2)11-6-7-14(17-5)12(8-11)13-9-16-15(13,3)4/h6-8,10,13,16H,9H2,1-5H3. The number of nitrogens with one attached hydrogen (secondary N) is 1. The van der Waals surface area contributed by atoms with Crippen LogP contribution >= 0.6 is 0 Å². The van der Waals surface area contributed by atoms with E-state index in [1.165, 1.54) is 11.1 Å². The number of hydrogen-bond acceptors (Lipinski definition) is 2. The van der Waals surface area contributed by atoms with Crippen LogP contribution in [-0.2, 0) is 0 Å². The lowest BCUT2D eigenvalue weighted by atomic mass is 9.74. The molecule has 1 atom stereocenters. The summed E-state index contributed by atoms with van der Waals surface area (Å²) in [6.07, 6.45) is 0. The predicted molar refractivity (Wildman–Crippen MR) is 71.9 cm³/mol. The van der Waals surface area contributed by atoms with Gasteiger partial charge in [0.15, 0.2) is 0 Å². The quantitative estimate of drug-likeness (QED) is 0.865. The van der Waals surface area contributed by atoms with Crippen LogP contribution in [0.1, 0.15) is 50.7 Å². The van der Waals surface area contributed by atoms with Gasteiger partial charge in [-0.05, 0) is 31.4 Å². The maximum atomic E-state index is 5.50. The normalized spacial score (nSPS) is 22.4.